The molecular formula is C18H36N4O2. The van der Waals surface area contributed by atoms with Crippen LogP contribution in [-0.4, -0.2) is 76.1 Å². The van der Waals surface area contributed by atoms with Crippen LogP contribution in [-0.2, 0) is 9.47 Å². The predicted octanol–water partition coefficient (Wildman–Crippen LogP) is 1.32. The molecule has 6 heteroatoms. The van der Waals surface area contributed by atoms with Crippen molar-refractivity contribution in [3.63, 3.8) is 0 Å². The smallest absolute Gasteiger partial charge is 0.191 e. The first-order valence-corrected chi connectivity index (χ1v) is 9.44. The van der Waals surface area contributed by atoms with Crippen LogP contribution in [0.15, 0.2) is 4.99 Å². The van der Waals surface area contributed by atoms with E-state index in [1.807, 2.05) is 0 Å². The number of morpholine rings is 1. The summed E-state index contributed by atoms with van der Waals surface area (Å²) in [6.45, 7) is 17.0. The Morgan fingerprint density at radius 3 is 2.42 bits per heavy atom. The van der Waals surface area contributed by atoms with Crippen LogP contribution in [0.2, 0.25) is 0 Å². The zero-order valence-electron chi connectivity index (χ0n) is 15.9. The summed E-state index contributed by atoms with van der Waals surface area (Å²) in [6.07, 6.45) is 1.19. The van der Waals surface area contributed by atoms with Gasteiger partial charge < -0.3 is 20.1 Å². The number of hydrogen-bond donors (Lipinski definition) is 2. The summed E-state index contributed by atoms with van der Waals surface area (Å²) in [5.74, 6) is 1.61. The van der Waals surface area contributed by atoms with Gasteiger partial charge in [0.05, 0.1) is 33.0 Å². The molecule has 1 atom stereocenters. The van der Waals surface area contributed by atoms with Gasteiger partial charge in [-0.15, -0.1) is 0 Å². The van der Waals surface area contributed by atoms with Crippen molar-refractivity contribution < 1.29 is 9.47 Å². The molecule has 2 rings (SSSR count). The van der Waals surface area contributed by atoms with E-state index in [4.69, 9.17) is 14.5 Å². The molecule has 2 heterocycles. The molecule has 2 N–H and O–H groups in total. The van der Waals surface area contributed by atoms with Gasteiger partial charge in [0, 0.05) is 37.6 Å². The van der Waals surface area contributed by atoms with Crippen molar-refractivity contribution in [3.8, 4) is 0 Å². The molecular weight excluding hydrogens is 304 g/mol. The van der Waals surface area contributed by atoms with E-state index in [0.29, 0.717) is 12.0 Å². The van der Waals surface area contributed by atoms with Gasteiger partial charge in [0.15, 0.2) is 5.96 Å². The van der Waals surface area contributed by atoms with E-state index in [-0.39, 0.29) is 5.41 Å². The number of guanidine groups is 1. The molecule has 140 valence electrons. The van der Waals surface area contributed by atoms with E-state index in [2.05, 4.69) is 43.2 Å². The van der Waals surface area contributed by atoms with Gasteiger partial charge in [-0.3, -0.25) is 9.89 Å². The molecule has 0 aromatic heterocycles. The molecule has 2 aliphatic rings. The summed E-state index contributed by atoms with van der Waals surface area (Å²) in [5, 5.41) is 6.93. The zero-order valence-corrected chi connectivity index (χ0v) is 15.9. The highest BCUT2D eigenvalue weighted by molar-refractivity contribution is 5.79. The van der Waals surface area contributed by atoms with Crippen molar-refractivity contribution in [2.45, 2.75) is 40.2 Å². The van der Waals surface area contributed by atoms with Gasteiger partial charge in [0.1, 0.15) is 0 Å². The third-order valence-electron chi connectivity index (χ3n) is 4.67. The maximum Gasteiger partial charge on any atom is 0.191 e. The Balaban J connectivity index is 1.88. The number of hydrogen-bond acceptors (Lipinski definition) is 4. The lowest BCUT2D eigenvalue weighted by Gasteiger charge is -2.37. The van der Waals surface area contributed by atoms with Gasteiger partial charge in [-0.05, 0) is 19.3 Å². The fourth-order valence-corrected chi connectivity index (χ4v) is 3.22. The number of nitrogens with zero attached hydrogens (tertiary/aromatic N) is 2. The van der Waals surface area contributed by atoms with Crippen LogP contribution in [0.25, 0.3) is 0 Å². The Labute approximate surface area is 147 Å². The van der Waals surface area contributed by atoms with Crippen LogP contribution in [0.1, 0.15) is 34.1 Å². The Morgan fingerprint density at radius 2 is 1.88 bits per heavy atom. The number of aliphatic imine (C=N–C) groups is 1. The van der Waals surface area contributed by atoms with Crippen LogP contribution in [0.5, 0.6) is 0 Å². The number of nitrogens with one attached hydrogen (secondary N) is 2. The maximum atomic E-state index is 5.50. The second kappa shape index (κ2) is 9.59. The molecule has 0 aromatic rings. The number of ether oxygens (including phenoxy) is 2. The van der Waals surface area contributed by atoms with E-state index in [0.717, 1.165) is 65.1 Å². The minimum Gasteiger partial charge on any atom is -0.380 e. The maximum absolute atomic E-state index is 5.50. The monoisotopic (exact) mass is 340 g/mol. The molecule has 0 bridgehead atoms. The van der Waals surface area contributed by atoms with E-state index in [1.54, 1.807) is 0 Å². The Hall–Kier alpha value is -0.850. The van der Waals surface area contributed by atoms with E-state index in [1.165, 1.54) is 6.42 Å². The number of rotatable bonds is 8. The SMILES string of the molecule is CCNC(=NCC1(C)COC1)NCC(CC(C)C)N1CCOCC1. The molecule has 1 unspecified atom stereocenters. The van der Waals surface area contributed by atoms with Crippen LogP contribution in [0, 0.1) is 11.3 Å². The lowest BCUT2D eigenvalue weighted by atomic mass is 9.89. The minimum atomic E-state index is 0.212. The highest BCUT2D eigenvalue weighted by Crippen LogP contribution is 2.26. The second-order valence-corrected chi connectivity index (χ2v) is 7.81. The Kier molecular flexibility index (Phi) is 7.78. The molecule has 0 spiro atoms. The summed E-state index contributed by atoms with van der Waals surface area (Å²) >= 11 is 0. The summed E-state index contributed by atoms with van der Waals surface area (Å²) in [5.41, 5.74) is 0.212. The molecule has 24 heavy (non-hydrogen) atoms. The summed E-state index contributed by atoms with van der Waals surface area (Å²) in [4.78, 5) is 7.33. The zero-order chi connectivity index (χ0) is 17.4. The fourth-order valence-electron chi connectivity index (χ4n) is 3.22. The van der Waals surface area contributed by atoms with Crippen molar-refractivity contribution in [3.05, 3.63) is 0 Å². The molecule has 2 fully saturated rings. The summed E-state index contributed by atoms with van der Waals surface area (Å²) < 4.78 is 10.8. The first-order valence-electron chi connectivity index (χ1n) is 9.44. The topological polar surface area (TPSA) is 58.1 Å². The van der Waals surface area contributed by atoms with Crippen molar-refractivity contribution in [1.29, 1.82) is 0 Å². The van der Waals surface area contributed by atoms with Gasteiger partial charge in [0.2, 0.25) is 0 Å². The van der Waals surface area contributed by atoms with E-state index in [9.17, 15) is 0 Å². The van der Waals surface area contributed by atoms with Crippen molar-refractivity contribution in [1.82, 2.24) is 15.5 Å². The fraction of sp³-hybridized carbons (Fsp3) is 0.944. The van der Waals surface area contributed by atoms with Crippen LogP contribution in [0.4, 0.5) is 0 Å². The first-order chi connectivity index (χ1) is 11.5. The van der Waals surface area contributed by atoms with E-state index >= 15 is 0 Å². The standard InChI is InChI=1S/C18H36N4O2/c1-5-19-17(21-12-18(4)13-24-14-18)20-11-16(10-15(2)3)22-6-8-23-9-7-22/h15-16H,5-14H2,1-4H3,(H2,19,20,21). The molecule has 0 aliphatic carbocycles. The largest absolute Gasteiger partial charge is 0.380 e. The first kappa shape index (κ1) is 19.5. The van der Waals surface area contributed by atoms with Crippen molar-refractivity contribution >= 4 is 5.96 Å². The third kappa shape index (κ3) is 6.22. The van der Waals surface area contributed by atoms with Gasteiger partial charge >= 0.3 is 0 Å². The summed E-state index contributed by atoms with van der Waals surface area (Å²) in [7, 11) is 0. The molecule has 0 aromatic carbocycles. The predicted molar refractivity (Wildman–Crippen MR) is 98.5 cm³/mol. The van der Waals surface area contributed by atoms with Crippen LogP contribution < -0.4 is 10.6 Å². The molecule has 2 aliphatic heterocycles. The van der Waals surface area contributed by atoms with Gasteiger partial charge in [0.25, 0.3) is 0 Å². The average molecular weight is 341 g/mol. The molecule has 0 amide bonds. The Bertz CT molecular complexity index is 390. The normalized spacial score (nSPS) is 23.0. The molecule has 0 saturated carbocycles. The Morgan fingerprint density at radius 1 is 1.17 bits per heavy atom. The van der Waals surface area contributed by atoms with E-state index < -0.39 is 0 Å². The van der Waals surface area contributed by atoms with Crippen molar-refractivity contribution in [2.75, 3.05) is 59.2 Å². The molecule has 2 saturated heterocycles. The highest BCUT2D eigenvalue weighted by Gasteiger charge is 2.33. The lowest BCUT2D eigenvalue weighted by Crippen LogP contribution is -2.51. The molecule has 0 radical (unpaired) electrons. The second-order valence-electron chi connectivity index (χ2n) is 7.81. The summed E-state index contributed by atoms with van der Waals surface area (Å²) in [6, 6.07) is 0.528. The lowest BCUT2D eigenvalue weighted by molar-refractivity contribution is -0.0945. The highest BCUT2D eigenvalue weighted by atomic mass is 16.5. The van der Waals surface area contributed by atoms with Crippen LogP contribution >= 0.6 is 0 Å². The van der Waals surface area contributed by atoms with Gasteiger partial charge in [-0.2, -0.15) is 0 Å². The third-order valence-corrected chi connectivity index (χ3v) is 4.67. The van der Waals surface area contributed by atoms with Crippen LogP contribution in [0.3, 0.4) is 0 Å². The minimum absolute atomic E-state index is 0.212. The van der Waals surface area contributed by atoms with Gasteiger partial charge in [-0.1, -0.05) is 20.8 Å². The molecule has 6 nitrogen and oxygen atoms in total. The van der Waals surface area contributed by atoms with Crippen molar-refractivity contribution in [2.24, 2.45) is 16.3 Å². The van der Waals surface area contributed by atoms with Gasteiger partial charge in [-0.25, -0.2) is 0 Å². The average Bonchev–Trinajstić information content (AvgIpc) is 2.54. The quantitative estimate of drug-likeness (QED) is 0.516.